The zero-order valence-corrected chi connectivity index (χ0v) is 8.63. The van der Waals surface area contributed by atoms with E-state index in [1.165, 1.54) is 0 Å². The Bertz CT molecular complexity index is 166. The predicted octanol–water partition coefficient (Wildman–Crippen LogP) is -0.183. The molecule has 0 unspecified atom stereocenters. The second kappa shape index (κ2) is 7.00. The van der Waals surface area contributed by atoms with Crippen LogP contribution < -0.4 is 5.73 Å². The quantitative estimate of drug-likeness (QED) is 0.637. The van der Waals surface area contributed by atoms with E-state index in [1.807, 2.05) is 0 Å². The van der Waals surface area contributed by atoms with Crippen molar-refractivity contribution in [2.45, 2.75) is 12.3 Å². The minimum absolute atomic E-state index is 0.245. The molecule has 92 valence electrons. The highest BCUT2D eigenvalue weighted by Gasteiger charge is 2.27. The second-order valence-corrected chi connectivity index (χ2v) is 3.34. The van der Waals surface area contributed by atoms with Gasteiger partial charge < -0.3 is 20.5 Å². The Morgan fingerprint density at radius 1 is 1.47 bits per heavy atom. The number of alkyl halides is 3. The molecule has 3 N–H and O–H groups in total. The van der Waals surface area contributed by atoms with Gasteiger partial charge >= 0.3 is 6.18 Å². The van der Waals surface area contributed by atoms with Gasteiger partial charge in [-0.1, -0.05) is 0 Å². The molecule has 0 amide bonds. The number of nitrogens with zero attached hydrogens (tertiary/aromatic N) is 1. The Labute approximate surface area is 86.8 Å². The highest BCUT2D eigenvalue weighted by Crippen LogP contribution is 2.14. The summed E-state index contributed by atoms with van der Waals surface area (Å²) in [4.78, 5) is 1.72. The lowest BCUT2D eigenvalue weighted by Gasteiger charge is -2.19. The number of aliphatic hydroxyl groups is 1. The fraction of sp³-hybridized carbons (Fsp3) is 1.00. The van der Waals surface area contributed by atoms with E-state index >= 15 is 0 Å². The van der Waals surface area contributed by atoms with E-state index in [4.69, 9.17) is 5.73 Å². The summed E-state index contributed by atoms with van der Waals surface area (Å²) in [6.45, 7) is -0.392. The molecule has 7 heteroatoms. The Kier molecular flexibility index (Phi) is 6.82. The van der Waals surface area contributed by atoms with Gasteiger partial charge in [-0.3, -0.25) is 0 Å². The first-order chi connectivity index (χ1) is 6.85. The van der Waals surface area contributed by atoms with Gasteiger partial charge in [0.1, 0.15) is 6.61 Å². The largest absolute Gasteiger partial charge is 0.411 e. The molecule has 0 bridgehead atoms. The van der Waals surface area contributed by atoms with E-state index in [-0.39, 0.29) is 13.2 Å². The van der Waals surface area contributed by atoms with Gasteiger partial charge in [-0.2, -0.15) is 13.2 Å². The molecule has 0 saturated carbocycles. The van der Waals surface area contributed by atoms with Gasteiger partial charge in [-0.15, -0.1) is 0 Å². The minimum Gasteiger partial charge on any atom is -0.389 e. The second-order valence-electron chi connectivity index (χ2n) is 3.34. The number of ether oxygens (including phenoxy) is 1. The number of likely N-dealkylation sites (N-methyl/N-ethyl adjacent to an activating group) is 1. The maximum Gasteiger partial charge on any atom is 0.411 e. The first-order valence-corrected chi connectivity index (χ1v) is 4.56. The topological polar surface area (TPSA) is 58.7 Å². The smallest absolute Gasteiger partial charge is 0.389 e. The van der Waals surface area contributed by atoms with Gasteiger partial charge in [0.2, 0.25) is 0 Å². The monoisotopic (exact) mass is 230 g/mol. The van der Waals surface area contributed by atoms with Crippen LogP contribution in [-0.4, -0.2) is 62.2 Å². The molecule has 0 aromatic heterocycles. The molecule has 0 radical (unpaired) electrons. The molecule has 0 fully saturated rings. The third kappa shape index (κ3) is 9.92. The van der Waals surface area contributed by atoms with Crippen LogP contribution in [0.5, 0.6) is 0 Å². The van der Waals surface area contributed by atoms with Crippen LogP contribution in [0.3, 0.4) is 0 Å². The third-order valence-electron chi connectivity index (χ3n) is 1.61. The standard InChI is InChI=1S/C8H17F3N2O2/c1-13(3-2-12)4-7(14)5-15-6-8(9,10)11/h7,14H,2-6,12H2,1H3/t7-/m1/s1. The van der Waals surface area contributed by atoms with Crippen LogP contribution in [0.1, 0.15) is 0 Å². The summed E-state index contributed by atoms with van der Waals surface area (Å²) in [5, 5.41) is 9.27. The van der Waals surface area contributed by atoms with Crippen molar-refractivity contribution in [3.05, 3.63) is 0 Å². The summed E-state index contributed by atoms with van der Waals surface area (Å²) in [5.41, 5.74) is 5.26. The summed E-state index contributed by atoms with van der Waals surface area (Å²) in [7, 11) is 1.72. The van der Waals surface area contributed by atoms with Crippen molar-refractivity contribution >= 4 is 0 Å². The zero-order valence-electron chi connectivity index (χ0n) is 8.63. The molecular formula is C8H17F3N2O2. The van der Waals surface area contributed by atoms with E-state index in [9.17, 15) is 18.3 Å². The predicted molar refractivity (Wildman–Crippen MR) is 49.4 cm³/mol. The van der Waals surface area contributed by atoms with Crippen molar-refractivity contribution in [2.24, 2.45) is 5.73 Å². The van der Waals surface area contributed by atoms with Crippen molar-refractivity contribution in [1.82, 2.24) is 4.90 Å². The molecule has 0 aromatic rings. The summed E-state index contributed by atoms with van der Waals surface area (Å²) < 4.78 is 39.3. The number of rotatable bonds is 7. The highest BCUT2D eigenvalue weighted by molar-refractivity contribution is 4.61. The van der Waals surface area contributed by atoms with Crippen LogP contribution in [0.2, 0.25) is 0 Å². The average Bonchev–Trinajstić information content (AvgIpc) is 2.01. The van der Waals surface area contributed by atoms with Crippen LogP contribution in [0.15, 0.2) is 0 Å². The normalized spacial score (nSPS) is 14.6. The first-order valence-electron chi connectivity index (χ1n) is 4.56. The number of nitrogens with two attached hydrogens (primary N) is 1. The molecule has 0 aliphatic heterocycles. The Hall–Kier alpha value is -0.370. The molecule has 15 heavy (non-hydrogen) atoms. The molecule has 0 aliphatic rings. The van der Waals surface area contributed by atoms with Crippen molar-refractivity contribution in [2.75, 3.05) is 39.9 Å². The third-order valence-corrected chi connectivity index (χ3v) is 1.61. The minimum atomic E-state index is -4.34. The Morgan fingerprint density at radius 3 is 2.53 bits per heavy atom. The number of hydrogen-bond donors (Lipinski definition) is 2. The maximum atomic E-state index is 11.7. The van der Waals surface area contributed by atoms with E-state index in [2.05, 4.69) is 4.74 Å². The summed E-state index contributed by atoms with van der Waals surface area (Å²) in [6, 6.07) is 0. The SMILES string of the molecule is CN(CCN)C[C@@H](O)COCC(F)(F)F. The van der Waals surface area contributed by atoms with Crippen molar-refractivity contribution in [3.63, 3.8) is 0 Å². The maximum absolute atomic E-state index is 11.7. The van der Waals surface area contributed by atoms with E-state index < -0.39 is 18.9 Å². The summed E-state index contributed by atoms with van der Waals surface area (Å²) in [5.74, 6) is 0. The van der Waals surface area contributed by atoms with Crippen LogP contribution in [-0.2, 0) is 4.74 Å². The Balaban J connectivity index is 3.53. The molecular weight excluding hydrogens is 213 g/mol. The van der Waals surface area contributed by atoms with Crippen LogP contribution >= 0.6 is 0 Å². The molecule has 0 aromatic carbocycles. The molecule has 0 spiro atoms. The van der Waals surface area contributed by atoms with Crippen molar-refractivity contribution in [1.29, 1.82) is 0 Å². The zero-order chi connectivity index (χ0) is 11.9. The van der Waals surface area contributed by atoms with E-state index in [0.29, 0.717) is 13.1 Å². The fourth-order valence-corrected chi connectivity index (χ4v) is 1.03. The molecule has 0 heterocycles. The lowest BCUT2D eigenvalue weighted by Crippen LogP contribution is -2.35. The lowest BCUT2D eigenvalue weighted by molar-refractivity contribution is -0.179. The van der Waals surface area contributed by atoms with Crippen LogP contribution in [0.4, 0.5) is 13.2 Å². The number of halogens is 3. The number of hydrogen-bond acceptors (Lipinski definition) is 4. The fourth-order valence-electron chi connectivity index (χ4n) is 1.03. The van der Waals surface area contributed by atoms with E-state index in [1.54, 1.807) is 11.9 Å². The van der Waals surface area contributed by atoms with Gasteiger partial charge in [-0.05, 0) is 7.05 Å². The molecule has 4 nitrogen and oxygen atoms in total. The van der Waals surface area contributed by atoms with Gasteiger partial charge in [0.25, 0.3) is 0 Å². The number of aliphatic hydroxyl groups excluding tert-OH is 1. The van der Waals surface area contributed by atoms with Crippen molar-refractivity contribution < 1.29 is 23.0 Å². The van der Waals surface area contributed by atoms with Gasteiger partial charge in [-0.25, -0.2) is 0 Å². The van der Waals surface area contributed by atoms with Crippen LogP contribution in [0, 0.1) is 0 Å². The molecule has 1 atom stereocenters. The molecule has 0 aliphatic carbocycles. The van der Waals surface area contributed by atoms with E-state index in [0.717, 1.165) is 0 Å². The average molecular weight is 230 g/mol. The lowest BCUT2D eigenvalue weighted by atomic mass is 10.3. The van der Waals surface area contributed by atoms with Gasteiger partial charge in [0.05, 0.1) is 12.7 Å². The van der Waals surface area contributed by atoms with Crippen molar-refractivity contribution in [3.8, 4) is 0 Å². The first kappa shape index (κ1) is 14.6. The summed E-state index contributed by atoms with van der Waals surface area (Å²) >= 11 is 0. The molecule has 0 rings (SSSR count). The van der Waals surface area contributed by atoms with Gasteiger partial charge in [0, 0.05) is 19.6 Å². The van der Waals surface area contributed by atoms with Crippen LogP contribution in [0.25, 0.3) is 0 Å². The molecule has 0 saturated heterocycles. The summed E-state index contributed by atoms with van der Waals surface area (Å²) in [6.07, 6.45) is -5.27. The highest BCUT2D eigenvalue weighted by atomic mass is 19.4. The van der Waals surface area contributed by atoms with Gasteiger partial charge in [0.15, 0.2) is 0 Å². The Morgan fingerprint density at radius 2 is 2.07 bits per heavy atom.